The van der Waals surface area contributed by atoms with Gasteiger partial charge in [-0.25, -0.2) is 4.98 Å². The Hall–Kier alpha value is -1.09. The summed E-state index contributed by atoms with van der Waals surface area (Å²) in [4.78, 5) is 7.15. The number of pyridine rings is 1. The molecular formula is C16H29N3. The number of aryl methyl sites for hydroxylation is 2. The minimum atomic E-state index is 0.454. The van der Waals surface area contributed by atoms with Crippen LogP contribution in [0.5, 0.6) is 0 Å². The number of hydrogen-bond donors (Lipinski definition) is 1. The molecule has 0 atom stereocenters. The molecule has 1 heterocycles. The highest BCUT2D eigenvalue weighted by atomic mass is 15.2. The molecule has 0 unspecified atom stereocenters. The Kier molecular flexibility index (Phi) is 6.29. The van der Waals surface area contributed by atoms with Crippen LogP contribution in [0.1, 0.15) is 56.9 Å². The van der Waals surface area contributed by atoms with Gasteiger partial charge in [-0.3, -0.25) is 0 Å². The minimum Gasteiger partial charge on any atom is -0.354 e. The van der Waals surface area contributed by atoms with E-state index in [0.29, 0.717) is 12.6 Å². The maximum absolute atomic E-state index is 5.93. The number of nitrogens with zero attached hydrogens (tertiary/aromatic N) is 2. The summed E-state index contributed by atoms with van der Waals surface area (Å²) in [6.45, 7) is 12.5. The van der Waals surface area contributed by atoms with Crippen molar-refractivity contribution >= 4 is 5.82 Å². The monoisotopic (exact) mass is 263 g/mol. The summed E-state index contributed by atoms with van der Waals surface area (Å²) in [5.41, 5.74) is 9.45. The van der Waals surface area contributed by atoms with Gasteiger partial charge in [0.1, 0.15) is 5.82 Å². The molecule has 0 amide bonds. The highest BCUT2D eigenvalue weighted by Crippen LogP contribution is 2.24. The van der Waals surface area contributed by atoms with Gasteiger partial charge < -0.3 is 10.6 Å². The van der Waals surface area contributed by atoms with Crippen LogP contribution in [0.15, 0.2) is 6.07 Å². The predicted octanol–water partition coefficient (Wildman–Crippen LogP) is 3.56. The molecule has 3 heteroatoms. The van der Waals surface area contributed by atoms with Crippen LogP contribution in [0.4, 0.5) is 5.82 Å². The fourth-order valence-corrected chi connectivity index (χ4v) is 2.47. The van der Waals surface area contributed by atoms with Gasteiger partial charge >= 0.3 is 0 Å². The molecule has 0 bridgehead atoms. The second-order valence-corrected chi connectivity index (χ2v) is 5.58. The van der Waals surface area contributed by atoms with E-state index in [-0.39, 0.29) is 0 Å². The average molecular weight is 263 g/mol. The number of unbranched alkanes of at least 4 members (excludes halogenated alkanes) is 2. The Bertz CT molecular complexity index is 399. The highest BCUT2D eigenvalue weighted by Gasteiger charge is 2.17. The summed E-state index contributed by atoms with van der Waals surface area (Å²) in [6, 6.07) is 2.58. The molecule has 3 nitrogen and oxygen atoms in total. The third-order valence-electron chi connectivity index (χ3n) is 3.56. The number of aromatic nitrogens is 1. The van der Waals surface area contributed by atoms with E-state index < -0.39 is 0 Å². The van der Waals surface area contributed by atoms with Gasteiger partial charge in [0.05, 0.1) is 0 Å². The van der Waals surface area contributed by atoms with Gasteiger partial charge in [0.2, 0.25) is 0 Å². The molecule has 0 saturated heterocycles. The van der Waals surface area contributed by atoms with Crippen molar-refractivity contribution in [3.63, 3.8) is 0 Å². The third-order valence-corrected chi connectivity index (χ3v) is 3.56. The molecule has 0 fully saturated rings. The van der Waals surface area contributed by atoms with Crippen LogP contribution >= 0.6 is 0 Å². The van der Waals surface area contributed by atoms with Crippen molar-refractivity contribution in [1.82, 2.24) is 4.98 Å². The molecule has 0 aliphatic rings. The maximum atomic E-state index is 5.93. The summed E-state index contributed by atoms with van der Waals surface area (Å²) in [5.74, 6) is 1.09. The number of hydrogen-bond acceptors (Lipinski definition) is 3. The van der Waals surface area contributed by atoms with Gasteiger partial charge in [-0.05, 0) is 45.7 Å². The van der Waals surface area contributed by atoms with Crippen molar-refractivity contribution in [3.8, 4) is 0 Å². The summed E-state index contributed by atoms with van der Waals surface area (Å²) in [7, 11) is 0. The van der Waals surface area contributed by atoms with Crippen molar-refractivity contribution in [3.05, 3.63) is 22.9 Å². The van der Waals surface area contributed by atoms with Crippen LogP contribution in [0.25, 0.3) is 0 Å². The second kappa shape index (κ2) is 7.49. The van der Waals surface area contributed by atoms with E-state index in [9.17, 15) is 0 Å². The quantitative estimate of drug-likeness (QED) is 0.765. The first kappa shape index (κ1) is 16.0. The molecule has 2 N–H and O–H groups in total. The summed E-state index contributed by atoms with van der Waals surface area (Å²) < 4.78 is 0. The fourth-order valence-electron chi connectivity index (χ4n) is 2.47. The molecule has 0 saturated carbocycles. The Balaban J connectivity index is 3.07. The molecule has 1 aromatic rings. The van der Waals surface area contributed by atoms with Crippen molar-refractivity contribution in [2.45, 2.75) is 66.5 Å². The lowest BCUT2D eigenvalue weighted by molar-refractivity contribution is 0.616. The summed E-state index contributed by atoms with van der Waals surface area (Å²) in [5, 5.41) is 0. The zero-order chi connectivity index (χ0) is 14.4. The van der Waals surface area contributed by atoms with Crippen molar-refractivity contribution in [2.24, 2.45) is 5.73 Å². The number of anilines is 1. The molecule has 1 aromatic heterocycles. The number of rotatable bonds is 7. The Morgan fingerprint density at radius 3 is 2.47 bits per heavy atom. The van der Waals surface area contributed by atoms with Gasteiger partial charge in [-0.15, -0.1) is 0 Å². The third kappa shape index (κ3) is 4.20. The van der Waals surface area contributed by atoms with Crippen molar-refractivity contribution < 1.29 is 0 Å². The van der Waals surface area contributed by atoms with E-state index in [1.165, 1.54) is 30.4 Å². The molecule has 0 aliphatic carbocycles. The second-order valence-electron chi connectivity index (χ2n) is 5.58. The molecule has 0 aliphatic heterocycles. The summed E-state index contributed by atoms with van der Waals surface area (Å²) in [6.07, 6.45) is 3.73. The van der Waals surface area contributed by atoms with Gasteiger partial charge in [0.15, 0.2) is 0 Å². The Labute approximate surface area is 118 Å². The van der Waals surface area contributed by atoms with Crippen LogP contribution in [0.3, 0.4) is 0 Å². The van der Waals surface area contributed by atoms with Gasteiger partial charge in [0.25, 0.3) is 0 Å². The number of nitrogens with two attached hydrogens (primary N) is 1. The predicted molar refractivity (Wildman–Crippen MR) is 83.6 cm³/mol. The molecule has 19 heavy (non-hydrogen) atoms. The van der Waals surface area contributed by atoms with Crippen molar-refractivity contribution in [2.75, 3.05) is 11.4 Å². The molecule has 0 radical (unpaired) electrons. The van der Waals surface area contributed by atoms with E-state index in [2.05, 4.69) is 45.6 Å². The Morgan fingerprint density at radius 2 is 1.95 bits per heavy atom. The van der Waals surface area contributed by atoms with Gasteiger partial charge in [0, 0.05) is 30.4 Å². The van der Waals surface area contributed by atoms with E-state index in [0.717, 1.165) is 18.1 Å². The van der Waals surface area contributed by atoms with Gasteiger partial charge in [-0.2, -0.15) is 0 Å². The SMILES string of the molecule is CCCCCN(c1nc(C)cc(C)c1CN)C(C)C. The first-order valence-electron chi connectivity index (χ1n) is 7.45. The van der Waals surface area contributed by atoms with Crippen molar-refractivity contribution in [1.29, 1.82) is 0 Å². The van der Waals surface area contributed by atoms with Crippen LogP contribution in [-0.2, 0) is 6.54 Å². The largest absolute Gasteiger partial charge is 0.354 e. The zero-order valence-electron chi connectivity index (χ0n) is 13.2. The first-order chi connectivity index (χ1) is 9.01. The first-order valence-corrected chi connectivity index (χ1v) is 7.45. The normalized spacial score (nSPS) is 11.1. The fraction of sp³-hybridized carbons (Fsp3) is 0.688. The topological polar surface area (TPSA) is 42.2 Å². The van der Waals surface area contributed by atoms with Crippen LogP contribution < -0.4 is 10.6 Å². The molecule has 108 valence electrons. The molecule has 0 aromatic carbocycles. The minimum absolute atomic E-state index is 0.454. The van der Waals surface area contributed by atoms with E-state index >= 15 is 0 Å². The van der Waals surface area contributed by atoms with E-state index in [1.54, 1.807) is 0 Å². The zero-order valence-corrected chi connectivity index (χ0v) is 13.2. The summed E-state index contributed by atoms with van der Waals surface area (Å²) >= 11 is 0. The average Bonchev–Trinajstić information content (AvgIpc) is 2.33. The lowest BCUT2D eigenvalue weighted by atomic mass is 10.1. The van der Waals surface area contributed by atoms with Gasteiger partial charge in [-0.1, -0.05) is 19.8 Å². The van der Waals surface area contributed by atoms with Crippen LogP contribution in [0, 0.1) is 13.8 Å². The smallest absolute Gasteiger partial charge is 0.133 e. The lowest BCUT2D eigenvalue weighted by Crippen LogP contribution is -2.34. The van der Waals surface area contributed by atoms with E-state index in [4.69, 9.17) is 10.7 Å². The highest BCUT2D eigenvalue weighted by molar-refractivity contribution is 5.52. The maximum Gasteiger partial charge on any atom is 0.133 e. The van der Waals surface area contributed by atoms with Crippen LogP contribution in [0.2, 0.25) is 0 Å². The molecule has 0 spiro atoms. The molecular weight excluding hydrogens is 234 g/mol. The van der Waals surface area contributed by atoms with E-state index in [1.807, 2.05) is 0 Å². The van der Waals surface area contributed by atoms with Crippen LogP contribution in [-0.4, -0.2) is 17.6 Å². The lowest BCUT2D eigenvalue weighted by Gasteiger charge is -2.30. The Morgan fingerprint density at radius 1 is 1.26 bits per heavy atom. The molecule has 1 rings (SSSR count). The standard InChI is InChI=1S/C16H29N3/c1-6-7-8-9-19(12(2)3)16-15(11-17)13(4)10-14(5)18-16/h10,12H,6-9,11,17H2,1-5H3.